The number of carbonyl (C=O) groups is 1. The molecule has 1 heterocycles. The van der Waals surface area contributed by atoms with E-state index in [1.165, 1.54) is 25.4 Å². The van der Waals surface area contributed by atoms with Crippen molar-refractivity contribution in [3.8, 4) is 5.75 Å². The molecule has 0 saturated heterocycles. The van der Waals surface area contributed by atoms with Crippen molar-refractivity contribution in [3.63, 3.8) is 0 Å². The van der Waals surface area contributed by atoms with Crippen LogP contribution in [0.4, 0.5) is 0 Å². The summed E-state index contributed by atoms with van der Waals surface area (Å²) in [5, 5.41) is 10.2. The molecule has 0 radical (unpaired) electrons. The van der Waals surface area contributed by atoms with Gasteiger partial charge in [0.25, 0.3) is 0 Å². The third-order valence-corrected chi connectivity index (χ3v) is 3.54. The quantitative estimate of drug-likeness (QED) is 0.370. The van der Waals surface area contributed by atoms with Crippen molar-refractivity contribution in [2.24, 2.45) is 0 Å². The van der Waals surface area contributed by atoms with Gasteiger partial charge < -0.3 is 14.7 Å². The van der Waals surface area contributed by atoms with E-state index in [1.54, 1.807) is 18.2 Å². The van der Waals surface area contributed by atoms with E-state index in [9.17, 15) is 9.90 Å². The smallest absolute Gasteiger partial charge is 0.339 e. The van der Waals surface area contributed by atoms with E-state index < -0.39 is 12.1 Å². The maximum atomic E-state index is 11.2. The second kappa shape index (κ2) is 8.12. The summed E-state index contributed by atoms with van der Waals surface area (Å²) in [5.74, 6) is -0.333. The average molecular weight is 358 g/mol. The topological polar surface area (TPSA) is 77.9 Å². The summed E-state index contributed by atoms with van der Waals surface area (Å²) in [6.45, 7) is 0.121. The van der Waals surface area contributed by atoms with Gasteiger partial charge in [0.1, 0.15) is 11.8 Å². The van der Waals surface area contributed by atoms with Gasteiger partial charge in [0, 0.05) is 11.8 Å². The van der Waals surface area contributed by atoms with E-state index in [0.717, 1.165) is 0 Å². The van der Waals surface area contributed by atoms with Gasteiger partial charge in [0.05, 0.1) is 12.1 Å². The Hall–Kier alpha value is -1.86. The van der Waals surface area contributed by atoms with Gasteiger partial charge in [-0.3, -0.25) is 0 Å². The number of carbonyl (C=O) groups excluding carboxylic acids is 1. The fourth-order valence-corrected chi connectivity index (χ4v) is 1.95. The molecule has 8 heteroatoms. The normalized spacial score (nSPS) is 11.8. The molecule has 1 N–H and O–H groups in total. The molecule has 0 bridgehead atoms. The summed E-state index contributed by atoms with van der Waals surface area (Å²) in [6, 6.07) is 7.78. The van der Waals surface area contributed by atoms with Crippen molar-refractivity contribution in [2.75, 3.05) is 7.11 Å². The third kappa shape index (κ3) is 4.80. The Morgan fingerprint density at radius 2 is 2.00 bits per heavy atom. The van der Waals surface area contributed by atoms with Gasteiger partial charge in [-0.15, -0.1) is 0 Å². The number of benzene rings is 1. The maximum Gasteiger partial charge on any atom is 0.339 e. The van der Waals surface area contributed by atoms with Gasteiger partial charge in [0.2, 0.25) is 0 Å². The Balaban J connectivity index is 1.89. The van der Waals surface area contributed by atoms with Crippen molar-refractivity contribution in [1.82, 2.24) is 4.98 Å². The minimum atomic E-state index is -1.34. The number of aliphatic hydroxyl groups is 1. The maximum absolute atomic E-state index is 11.2. The van der Waals surface area contributed by atoms with Crippen LogP contribution in [0.3, 0.4) is 0 Å². The molecule has 0 amide bonds. The highest BCUT2D eigenvalue weighted by molar-refractivity contribution is 6.41. The summed E-state index contributed by atoms with van der Waals surface area (Å²) in [6.07, 6.45) is 0.185. The molecule has 0 fully saturated rings. The largest absolute Gasteiger partial charge is 0.467 e. The molecule has 23 heavy (non-hydrogen) atoms. The third-order valence-electron chi connectivity index (χ3n) is 2.85. The molecule has 2 rings (SSSR count). The average Bonchev–Trinajstić information content (AvgIpc) is 2.57. The van der Waals surface area contributed by atoms with Gasteiger partial charge in [-0.1, -0.05) is 35.3 Å². The van der Waals surface area contributed by atoms with Gasteiger partial charge in [0.15, 0.2) is 11.9 Å². The van der Waals surface area contributed by atoms with Crippen LogP contribution in [0.25, 0.3) is 0 Å². The standard InChI is InChI=1S/C15H13Cl2NO5/c1-21-15(20)13(19)10-2-4-11(5-3-10)23-22-8-9-6-12(16)14(17)18-7-9/h2-7,13,19H,8H2,1H3. The molecule has 1 aromatic heterocycles. The Labute approximate surface area is 142 Å². The van der Waals surface area contributed by atoms with Crippen LogP contribution in [0.1, 0.15) is 17.2 Å². The molecule has 0 saturated carbocycles. The summed E-state index contributed by atoms with van der Waals surface area (Å²) >= 11 is 11.6. The van der Waals surface area contributed by atoms with Crippen LogP contribution in [0, 0.1) is 0 Å². The molecule has 1 aromatic carbocycles. The van der Waals surface area contributed by atoms with E-state index in [4.69, 9.17) is 33.0 Å². The number of rotatable bonds is 6. The van der Waals surface area contributed by atoms with Crippen LogP contribution in [0.5, 0.6) is 5.75 Å². The number of hydrogen-bond acceptors (Lipinski definition) is 6. The van der Waals surface area contributed by atoms with Crippen molar-refractivity contribution >= 4 is 29.2 Å². The fraction of sp³-hybridized carbons (Fsp3) is 0.200. The lowest BCUT2D eigenvalue weighted by atomic mass is 10.1. The number of esters is 1. The van der Waals surface area contributed by atoms with Gasteiger partial charge in [-0.2, -0.15) is 4.89 Å². The molecular formula is C15H13Cl2NO5. The number of hydrogen-bond donors (Lipinski definition) is 1. The highest BCUT2D eigenvalue weighted by Crippen LogP contribution is 2.21. The van der Waals surface area contributed by atoms with Crippen LogP contribution < -0.4 is 4.89 Å². The second-order valence-corrected chi connectivity index (χ2v) is 5.22. The zero-order valence-electron chi connectivity index (χ0n) is 12.0. The fourth-order valence-electron chi connectivity index (χ4n) is 1.66. The van der Waals surface area contributed by atoms with Crippen molar-refractivity contribution in [1.29, 1.82) is 0 Å². The van der Waals surface area contributed by atoms with Gasteiger partial charge in [-0.25, -0.2) is 9.78 Å². The van der Waals surface area contributed by atoms with Crippen LogP contribution in [-0.2, 0) is 21.0 Å². The Kier molecular flexibility index (Phi) is 6.18. The second-order valence-electron chi connectivity index (χ2n) is 4.46. The highest BCUT2D eigenvalue weighted by atomic mass is 35.5. The Bertz CT molecular complexity index is 678. The monoisotopic (exact) mass is 357 g/mol. The Morgan fingerprint density at radius 3 is 2.61 bits per heavy atom. The Morgan fingerprint density at radius 1 is 1.30 bits per heavy atom. The first-order valence-electron chi connectivity index (χ1n) is 6.46. The molecule has 1 atom stereocenters. The number of aliphatic hydroxyl groups excluding tert-OH is 1. The molecule has 0 aliphatic heterocycles. The van der Waals surface area contributed by atoms with E-state index in [1.807, 2.05) is 0 Å². The molecular weight excluding hydrogens is 345 g/mol. The summed E-state index contributed by atoms with van der Waals surface area (Å²) < 4.78 is 4.46. The van der Waals surface area contributed by atoms with Crippen molar-refractivity contribution in [2.45, 2.75) is 12.7 Å². The zero-order chi connectivity index (χ0) is 16.8. The molecule has 0 spiro atoms. The molecule has 0 aliphatic carbocycles. The minimum Gasteiger partial charge on any atom is -0.467 e. The predicted octanol–water partition coefficient (Wildman–Crippen LogP) is 3.11. The molecule has 1 unspecified atom stereocenters. The SMILES string of the molecule is COC(=O)C(O)c1ccc(OOCc2cnc(Cl)c(Cl)c2)cc1. The predicted molar refractivity (Wildman–Crippen MR) is 83.1 cm³/mol. The first-order chi connectivity index (χ1) is 11.0. The molecule has 122 valence electrons. The van der Waals surface area contributed by atoms with E-state index in [0.29, 0.717) is 21.9 Å². The lowest BCUT2D eigenvalue weighted by molar-refractivity contribution is -0.217. The van der Waals surface area contributed by atoms with Crippen LogP contribution in [0.2, 0.25) is 10.2 Å². The summed E-state index contributed by atoms with van der Waals surface area (Å²) in [4.78, 5) is 25.3. The van der Waals surface area contributed by atoms with E-state index in [-0.39, 0.29) is 11.8 Å². The molecule has 6 nitrogen and oxygen atoms in total. The summed E-state index contributed by atoms with van der Waals surface area (Å²) in [5.41, 5.74) is 1.08. The minimum absolute atomic E-state index is 0.121. The van der Waals surface area contributed by atoms with Crippen LogP contribution >= 0.6 is 23.2 Å². The zero-order valence-corrected chi connectivity index (χ0v) is 13.5. The van der Waals surface area contributed by atoms with Crippen LogP contribution in [0.15, 0.2) is 36.5 Å². The molecule has 2 aromatic rings. The first-order valence-corrected chi connectivity index (χ1v) is 7.22. The number of methoxy groups -OCH3 is 1. The number of ether oxygens (including phenoxy) is 1. The molecule has 0 aliphatic rings. The number of halogens is 2. The van der Waals surface area contributed by atoms with Gasteiger partial charge >= 0.3 is 5.97 Å². The van der Waals surface area contributed by atoms with Crippen molar-refractivity contribution in [3.05, 3.63) is 57.8 Å². The van der Waals surface area contributed by atoms with E-state index >= 15 is 0 Å². The number of nitrogens with zero attached hydrogens (tertiary/aromatic N) is 1. The highest BCUT2D eigenvalue weighted by Gasteiger charge is 2.17. The summed E-state index contributed by atoms with van der Waals surface area (Å²) in [7, 11) is 1.20. The van der Waals surface area contributed by atoms with Crippen molar-refractivity contribution < 1.29 is 24.4 Å². The number of pyridine rings is 1. The number of aromatic nitrogens is 1. The van der Waals surface area contributed by atoms with E-state index in [2.05, 4.69) is 9.72 Å². The van der Waals surface area contributed by atoms with Gasteiger partial charge in [-0.05, 0) is 23.8 Å². The first kappa shape index (κ1) is 17.5. The lowest BCUT2D eigenvalue weighted by Crippen LogP contribution is -2.13. The van der Waals surface area contributed by atoms with Crippen LogP contribution in [-0.4, -0.2) is 23.2 Å². The lowest BCUT2D eigenvalue weighted by Gasteiger charge is -2.09.